The molecular weight excluding hydrogens is 806 g/mol. The van der Waals surface area contributed by atoms with E-state index in [4.69, 9.17) is 38.6 Å². The minimum absolute atomic E-state index is 0.00232. The number of methoxy groups -OCH3 is 1. The van der Waals surface area contributed by atoms with Crippen molar-refractivity contribution < 1.29 is 38.0 Å². The van der Waals surface area contributed by atoms with Crippen LogP contribution < -0.4 is 14.4 Å². The summed E-state index contributed by atoms with van der Waals surface area (Å²) >= 11 is 0. The molecule has 4 aromatic rings. The van der Waals surface area contributed by atoms with Crippen LogP contribution in [-0.2, 0) is 14.2 Å². The van der Waals surface area contributed by atoms with Crippen molar-refractivity contribution in [1.29, 1.82) is 0 Å². The number of aliphatic hydroxyl groups is 1. The van der Waals surface area contributed by atoms with Crippen LogP contribution in [0.25, 0.3) is 32.9 Å². The maximum Gasteiger partial charge on any atom is 0.411 e. The van der Waals surface area contributed by atoms with Crippen molar-refractivity contribution in [3.8, 4) is 34.5 Å². The summed E-state index contributed by atoms with van der Waals surface area (Å²) in [4.78, 5) is 32.0. The summed E-state index contributed by atoms with van der Waals surface area (Å²) in [5.74, 6) is 3.92. The zero-order chi connectivity index (χ0) is 44.7. The lowest BCUT2D eigenvalue weighted by molar-refractivity contribution is -0.00330. The maximum absolute atomic E-state index is 17.8. The number of aliphatic hydroxyl groups excluding tert-OH is 1. The van der Waals surface area contributed by atoms with E-state index < -0.39 is 19.5 Å². The predicted molar refractivity (Wildman–Crippen MR) is 243 cm³/mol. The van der Waals surface area contributed by atoms with Crippen molar-refractivity contribution in [2.24, 2.45) is 5.41 Å². The average molecular weight is 870 g/mol. The van der Waals surface area contributed by atoms with E-state index >= 15 is 4.39 Å². The van der Waals surface area contributed by atoms with Gasteiger partial charge in [-0.05, 0) is 87.2 Å². The van der Waals surface area contributed by atoms with E-state index in [2.05, 4.69) is 57.9 Å². The van der Waals surface area contributed by atoms with Crippen LogP contribution in [0.1, 0.15) is 94.1 Å². The maximum atomic E-state index is 17.8. The third kappa shape index (κ3) is 8.83. The largest absolute Gasteiger partial charge is 0.468 e. The Morgan fingerprint density at radius 3 is 2.40 bits per heavy atom. The number of fused-ring (bicyclic) bond motifs is 4. The summed E-state index contributed by atoms with van der Waals surface area (Å²) in [6.07, 6.45) is 3.26. The molecule has 2 aromatic heterocycles. The number of amides is 1. The Kier molecular flexibility index (Phi) is 13.1. The van der Waals surface area contributed by atoms with Crippen LogP contribution in [0.3, 0.4) is 0 Å². The number of pyridine rings is 1. The molecule has 1 aliphatic carbocycles. The molecule has 62 heavy (non-hydrogen) atoms. The van der Waals surface area contributed by atoms with Gasteiger partial charge in [-0.3, -0.25) is 9.88 Å². The quantitative estimate of drug-likeness (QED) is 0.0740. The fourth-order valence-electron chi connectivity index (χ4n) is 9.84. The van der Waals surface area contributed by atoms with Crippen LogP contribution in [0.5, 0.6) is 11.8 Å². The van der Waals surface area contributed by atoms with E-state index in [0.717, 1.165) is 29.2 Å². The Balaban J connectivity index is 1.39. The number of hydrogen-bond donors (Lipinski definition) is 1. The normalized spacial score (nSPS) is 19.7. The standard InChI is InChI=1S/C48H64FN5O7Si/c1-12-58-39-21-34-24-53(25-38(39)54(34)46(56)61-47(8,9)10)44-37-23-50-42(41(49)43(37)51-45(52-44)59-27-48(26-55)17-18-48)36-22-35(60-28-57-11)20-33-15-13-14-32(40(33)36)16-19-62(29(2)3,30(4)5)31(6)7/h13-15,20,22-23,29-31,34,38-39,55H,12,17-18,21,24-28H2,1-11H3/t34-,38-,39-/m0/s1. The molecule has 0 spiro atoms. The van der Waals surface area contributed by atoms with Crippen LogP contribution in [0.4, 0.5) is 15.0 Å². The number of rotatable bonds is 14. The number of anilines is 1. The third-order valence-electron chi connectivity index (χ3n) is 13.1. The lowest BCUT2D eigenvalue weighted by Crippen LogP contribution is -2.58. The van der Waals surface area contributed by atoms with E-state index in [1.165, 1.54) is 0 Å². The third-order valence-corrected chi connectivity index (χ3v) is 19.4. The highest BCUT2D eigenvalue weighted by atomic mass is 28.3. The smallest absolute Gasteiger partial charge is 0.411 e. The number of piperazine rings is 1. The van der Waals surface area contributed by atoms with Crippen LogP contribution in [0, 0.1) is 22.7 Å². The van der Waals surface area contributed by atoms with Gasteiger partial charge in [0, 0.05) is 54.9 Å². The monoisotopic (exact) mass is 869 g/mol. The molecule has 334 valence electrons. The molecule has 1 amide bonds. The number of nitrogens with zero attached hydrogens (tertiary/aromatic N) is 5. The topological polar surface area (TPSA) is 129 Å². The molecule has 1 saturated carbocycles. The van der Waals surface area contributed by atoms with Crippen molar-refractivity contribution in [2.45, 2.75) is 129 Å². The van der Waals surface area contributed by atoms with Crippen LogP contribution in [0.15, 0.2) is 36.5 Å². The first-order chi connectivity index (χ1) is 29.5. The number of carbonyl (C=O) groups is 1. The summed E-state index contributed by atoms with van der Waals surface area (Å²) in [6.45, 7) is 22.6. The molecule has 14 heteroatoms. The number of carbonyl (C=O) groups excluding carboxylic acids is 1. The number of halogens is 1. The van der Waals surface area contributed by atoms with E-state index in [-0.39, 0.29) is 66.9 Å². The first-order valence-corrected chi connectivity index (χ1v) is 24.4. The SMILES string of the molecule is CCO[C@H]1C[C@H]2CN(c3nc(OCC4(CO)CC4)nc4c(F)c(-c5cc(OCOC)cc6cccc(C#C[Si](C(C)C)(C(C)C)C(C)C)c56)ncc34)C[C@@H]1N2C(=O)OC(C)(C)C. The van der Waals surface area contributed by atoms with Crippen molar-refractivity contribution in [3.63, 3.8) is 0 Å². The van der Waals surface area contributed by atoms with E-state index in [0.29, 0.717) is 65.3 Å². The van der Waals surface area contributed by atoms with Gasteiger partial charge in [0.15, 0.2) is 12.6 Å². The number of hydrogen-bond acceptors (Lipinski definition) is 11. The van der Waals surface area contributed by atoms with E-state index in [9.17, 15) is 9.90 Å². The molecular formula is C48H64FN5O7Si. The molecule has 3 atom stereocenters. The fraction of sp³-hybridized carbons (Fsp3) is 0.583. The average Bonchev–Trinajstić information content (AvgIpc) is 3.96. The van der Waals surface area contributed by atoms with Gasteiger partial charge in [0.2, 0.25) is 0 Å². The van der Waals surface area contributed by atoms with Gasteiger partial charge in [-0.15, -0.1) is 5.54 Å². The minimum atomic E-state index is -2.14. The van der Waals surface area contributed by atoms with Gasteiger partial charge in [-0.2, -0.15) is 9.97 Å². The highest BCUT2D eigenvalue weighted by Gasteiger charge is 2.51. The molecule has 7 rings (SSSR count). The molecule has 2 aromatic carbocycles. The van der Waals surface area contributed by atoms with E-state index in [1.54, 1.807) is 24.3 Å². The Labute approximate surface area is 366 Å². The molecule has 0 unspecified atom stereocenters. The Morgan fingerprint density at radius 2 is 1.77 bits per heavy atom. The van der Waals surface area contributed by atoms with Crippen molar-refractivity contribution >= 4 is 41.7 Å². The number of benzene rings is 2. The first-order valence-electron chi connectivity index (χ1n) is 22.2. The molecule has 3 fully saturated rings. The second kappa shape index (κ2) is 17.9. The summed E-state index contributed by atoms with van der Waals surface area (Å²) in [7, 11) is -0.583. The fourth-order valence-corrected chi connectivity index (χ4v) is 15.1. The second-order valence-corrected chi connectivity index (χ2v) is 24.9. The molecule has 12 nitrogen and oxygen atoms in total. The van der Waals surface area contributed by atoms with Crippen LogP contribution in [0.2, 0.25) is 16.6 Å². The number of ether oxygens (including phenoxy) is 5. The molecule has 2 bridgehead atoms. The molecule has 4 heterocycles. The highest BCUT2D eigenvalue weighted by molar-refractivity contribution is 6.90. The first kappa shape index (κ1) is 45.5. The number of aromatic nitrogens is 3. The molecule has 2 saturated heterocycles. The summed E-state index contributed by atoms with van der Waals surface area (Å²) < 4.78 is 47.3. The van der Waals surface area contributed by atoms with Gasteiger partial charge in [-0.25, -0.2) is 9.18 Å². The lowest BCUT2D eigenvalue weighted by Gasteiger charge is -2.42. The van der Waals surface area contributed by atoms with Crippen LogP contribution >= 0.6 is 0 Å². The summed E-state index contributed by atoms with van der Waals surface area (Å²) in [5.41, 5.74) is 5.51. The van der Waals surface area contributed by atoms with E-state index in [1.807, 2.05) is 52.0 Å². The predicted octanol–water partition coefficient (Wildman–Crippen LogP) is 9.29. The van der Waals surface area contributed by atoms with Gasteiger partial charge < -0.3 is 33.7 Å². The van der Waals surface area contributed by atoms with Gasteiger partial charge in [-0.1, -0.05) is 59.6 Å². The van der Waals surface area contributed by atoms with Crippen molar-refractivity contribution in [2.75, 3.05) is 51.7 Å². The molecule has 1 N–H and O–H groups in total. The van der Waals surface area contributed by atoms with Crippen molar-refractivity contribution in [1.82, 2.24) is 19.9 Å². The molecule has 3 aliphatic rings. The Morgan fingerprint density at radius 1 is 1.05 bits per heavy atom. The summed E-state index contributed by atoms with van der Waals surface area (Å²) in [6, 6.07) is 9.06. The van der Waals surface area contributed by atoms with Crippen molar-refractivity contribution in [3.05, 3.63) is 47.9 Å². The zero-order valence-corrected chi connectivity index (χ0v) is 39.3. The van der Waals surface area contributed by atoms with Gasteiger partial charge in [0.05, 0.1) is 36.8 Å². The zero-order valence-electron chi connectivity index (χ0n) is 38.3. The minimum Gasteiger partial charge on any atom is -0.468 e. The van der Waals surface area contributed by atoms with Crippen LogP contribution in [-0.4, -0.2) is 110 Å². The Hall–Kier alpha value is -4.55. The molecule has 2 aliphatic heterocycles. The second-order valence-electron chi connectivity index (χ2n) is 19.3. The Bertz CT molecular complexity index is 2330. The van der Waals surface area contributed by atoms with Gasteiger partial charge in [0.1, 0.15) is 36.5 Å². The van der Waals surface area contributed by atoms with Gasteiger partial charge >= 0.3 is 12.1 Å². The molecule has 0 radical (unpaired) electrons. The van der Waals surface area contributed by atoms with Gasteiger partial charge in [0.25, 0.3) is 0 Å². The summed E-state index contributed by atoms with van der Waals surface area (Å²) in [5, 5.41) is 12.1. The highest BCUT2D eigenvalue weighted by Crippen LogP contribution is 2.46. The lowest BCUT2D eigenvalue weighted by atomic mass is 9.96.